The summed E-state index contributed by atoms with van der Waals surface area (Å²) < 4.78 is 18.2. The zero-order valence-corrected chi connectivity index (χ0v) is 28.9. The van der Waals surface area contributed by atoms with Crippen LogP contribution in [-0.2, 0) is 11.3 Å². The molecular weight excluding hydrogens is 643 g/mol. The average Bonchev–Trinajstić information content (AvgIpc) is 3.08. The van der Waals surface area contributed by atoms with Gasteiger partial charge in [-0.15, -0.1) is 0 Å². The van der Waals surface area contributed by atoms with Crippen LogP contribution in [0.2, 0.25) is 10.0 Å². The minimum absolute atomic E-state index is 0.181. The average molecular weight is 682 g/mol. The van der Waals surface area contributed by atoms with Crippen LogP contribution < -0.4 is 30.0 Å². The van der Waals surface area contributed by atoms with Gasteiger partial charge in [0.2, 0.25) is 0 Å². The van der Waals surface area contributed by atoms with E-state index in [1.165, 1.54) is 18.8 Å². The predicted octanol–water partition coefficient (Wildman–Crippen LogP) is 6.13. The summed E-state index contributed by atoms with van der Waals surface area (Å²) in [5, 5.41) is 3.96. The summed E-state index contributed by atoms with van der Waals surface area (Å²) in [5.41, 5.74) is 2.92. The van der Waals surface area contributed by atoms with Gasteiger partial charge in [-0.05, 0) is 32.5 Å². The Bertz CT molecular complexity index is 1890. The molecule has 2 aromatic carbocycles. The van der Waals surface area contributed by atoms with Gasteiger partial charge >= 0.3 is 0 Å². The molecule has 47 heavy (non-hydrogen) atoms. The van der Waals surface area contributed by atoms with E-state index in [9.17, 15) is 9.59 Å². The lowest BCUT2D eigenvalue weighted by atomic mass is 10.0. The van der Waals surface area contributed by atoms with Crippen LogP contribution >= 0.6 is 23.2 Å². The van der Waals surface area contributed by atoms with Gasteiger partial charge in [-0.3, -0.25) is 14.2 Å². The molecule has 0 aliphatic carbocycles. The Labute approximate surface area is 283 Å². The van der Waals surface area contributed by atoms with Crippen molar-refractivity contribution in [3.8, 4) is 39.8 Å². The third kappa shape index (κ3) is 6.47. The molecule has 5 rings (SSSR count). The van der Waals surface area contributed by atoms with Crippen molar-refractivity contribution in [2.45, 2.75) is 27.3 Å². The van der Waals surface area contributed by atoms with Crippen LogP contribution in [0.4, 0.5) is 11.4 Å². The first-order valence-electron chi connectivity index (χ1n) is 15.2. The Morgan fingerprint density at radius 1 is 0.915 bits per heavy atom. The zero-order chi connectivity index (χ0) is 34.0. The highest BCUT2D eigenvalue weighted by molar-refractivity contribution is 6.41. The molecule has 0 radical (unpaired) electrons. The summed E-state index contributed by atoms with van der Waals surface area (Å²) in [6, 6.07) is 6.94. The van der Waals surface area contributed by atoms with Gasteiger partial charge in [-0.2, -0.15) is 0 Å². The lowest BCUT2D eigenvalue weighted by Crippen LogP contribution is -2.46. The Morgan fingerprint density at radius 2 is 1.55 bits per heavy atom. The van der Waals surface area contributed by atoms with E-state index < -0.39 is 0 Å². The van der Waals surface area contributed by atoms with Gasteiger partial charge in [-0.25, -0.2) is 9.97 Å². The van der Waals surface area contributed by atoms with Crippen LogP contribution in [0, 0.1) is 0 Å². The largest absolute Gasteiger partial charge is 0.496 e. The molecule has 0 unspecified atom stereocenters. The quantitative estimate of drug-likeness (QED) is 0.198. The van der Waals surface area contributed by atoms with E-state index in [0.29, 0.717) is 57.5 Å². The van der Waals surface area contributed by atoms with Gasteiger partial charge in [0.15, 0.2) is 5.82 Å². The minimum Gasteiger partial charge on any atom is -0.496 e. The second-order valence-corrected chi connectivity index (χ2v) is 11.8. The van der Waals surface area contributed by atoms with Crippen molar-refractivity contribution in [2.24, 2.45) is 0 Å². The molecule has 4 aromatic rings. The van der Waals surface area contributed by atoms with Crippen molar-refractivity contribution in [1.29, 1.82) is 0 Å². The maximum absolute atomic E-state index is 14.0. The lowest BCUT2D eigenvalue weighted by Gasteiger charge is -2.36. The van der Waals surface area contributed by atoms with E-state index in [4.69, 9.17) is 42.4 Å². The molecule has 248 valence electrons. The number of nitrogens with one attached hydrogen (secondary N) is 1. The van der Waals surface area contributed by atoms with Crippen molar-refractivity contribution < 1.29 is 19.0 Å². The summed E-state index contributed by atoms with van der Waals surface area (Å²) in [7, 11) is 4.52. The van der Waals surface area contributed by atoms with E-state index in [1.807, 2.05) is 19.1 Å². The number of ether oxygens (including phenoxy) is 3. The minimum atomic E-state index is -0.355. The fraction of sp³-hybridized carbons (Fsp3) is 0.353. The molecule has 1 saturated heterocycles. The van der Waals surface area contributed by atoms with E-state index in [2.05, 4.69) is 33.6 Å². The zero-order valence-electron chi connectivity index (χ0n) is 27.4. The molecule has 0 atom stereocenters. The van der Waals surface area contributed by atoms with Crippen molar-refractivity contribution in [3.63, 3.8) is 0 Å². The molecule has 1 fully saturated rings. The Balaban J connectivity index is 1.68. The Kier molecular flexibility index (Phi) is 10.3. The Morgan fingerprint density at radius 3 is 2.11 bits per heavy atom. The second-order valence-electron chi connectivity index (χ2n) is 11.1. The number of likely N-dealkylation sites (N-methyl/N-ethyl adjacent to an activating group) is 1. The number of aryl methyl sites for hydroxylation is 1. The molecule has 13 heteroatoms. The fourth-order valence-electron chi connectivity index (χ4n) is 5.69. The number of rotatable bonds is 10. The predicted molar refractivity (Wildman–Crippen MR) is 188 cm³/mol. The van der Waals surface area contributed by atoms with Crippen molar-refractivity contribution in [2.75, 3.05) is 64.3 Å². The van der Waals surface area contributed by atoms with E-state index in [0.717, 1.165) is 38.4 Å². The number of hydrogen-bond donors (Lipinski definition) is 1. The lowest BCUT2D eigenvalue weighted by molar-refractivity contribution is -0.112. The third-order valence-corrected chi connectivity index (χ3v) is 9.09. The number of hydrogen-bond acceptors (Lipinski definition) is 9. The van der Waals surface area contributed by atoms with Crippen molar-refractivity contribution >= 4 is 51.5 Å². The van der Waals surface area contributed by atoms with Crippen LogP contribution in [0.3, 0.4) is 0 Å². The number of carbonyl (C=O) groups excluding carboxylic acids is 1. The molecule has 1 aliphatic rings. The maximum Gasteiger partial charge on any atom is 0.260 e. The number of benzene rings is 2. The number of amides is 1. The molecule has 0 bridgehead atoms. The normalized spacial score (nSPS) is 13.5. The summed E-state index contributed by atoms with van der Waals surface area (Å²) in [6.07, 6.45) is 1.63. The van der Waals surface area contributed by atoms with E-state index in [1.54, 1.807) is 32.4 Å². The van der Waals surface area contributed by atoms with Gasteiger partial charge in [0.1, 0.15) is 22.9 Å². The van der Waals surface area contributed by atoms with Crippen LogP contribution in [0.15, 0.2) is 47.4 Å². The first kappa shape index (κ1) is 34.0. The number of aromatic nitrogens is 3. The van der Waals surface area contributed by atoms with Gasteiger partial charge in [0.05, 0.1) is 53.9 Å². The Hall–Kier alpha value is -4.32. The molecule has 3 heterocycles. The molecule has 2 aromatic heterocycles. The molecule has 1 amide bonds. The third-order valence-electron chi connectivity index (χ3n) is 8.34. The van der Waals surface area contributed by atoms with Crippen LogP contribution in [0.25, 0.3) is 33.5 Å². The maximum atomic E-state index is 14.0. The van der Waals surface area contributed by atoms with Crippen LogP contribution in [0.1, 0.15) is 20.8 Å². The highest BCUT2D eigenvalue weighted by Gasteiger charge is 2.25. The number of pyridine rings is 1. The summed E-state index contributed by atoms with van der Waals surface area (Å²) in [5.74, 6) is 1.17. The van der Waals surface area contributed by atoms with Gasteiger partial charge in [0.25, 0.3) is 11.5 Å². The topological polar surface area (TPSA) is 111 Å². The van der Waals surface area contributed by atoms with Crippen LogP contribution in [-0.4, -0.2) is 79.4 Å². The van der Waals surface area contributed by atoms with Gasteiger partial charge < -0.3 is 29.3 Å². The highest BCUT2D eigenvalue weighted by Crippen LogP contribution is 2.45. The molecule has 1 N–H and O–H groups in total. The first-order valence-corrected chi connectivity index (χ1v) is 16.0. The molecule has 1 aliphatic heterocycles. The standard InChI is InChI=1S/C34H38Cl2N6O5/c1-8-40-10-12-41(13-11-40)24-16-25(45-5)21(15-23(24)38-33(43)19(3)4)31-37-18-20-14-22(34(44)42(9-2)32(20)39-31)28-29(35)26(46-6)17-27(47-7)30(28)36/h14-18H,3,8-13H2,1-2,4-7H3,(H,38,43). The number of anilines is 2. The molecule has 0 spiro atoms. The summed E-state index contributed by atoms with van der Waals surface area (Å²) >= 11 is 13.4. The first-order chi connectivity index (χ1) is 22.6. The number of piperazine rings is 1. The van der Waals surface area contributed by atoms with E-state index in [-0.39, 0.29) is 32.6 Å². The number of halogens is 2. The molecular formula is C34H38Cl2N6O5. The number of carbonyl (C=O) groups is 1. The van der Waals surface area contributed by atoms with Gasteiger partial charge in [-0.1, -0.05) is 36.7 Å². The number of methoxy groups -OCH3 is 3. The summed E-state index contributed by atoms with van der Waals surface area (Å²) in [4.78, 5) is 41.0. The monoisotopic (exact) mass is 680 g/mol. The van der Waals surface area contributed by atoms with E-state index >= 15 is 0 Å². The fourth-order valence-corrected chi connectivity index (χ4v) is 6.40. The molecule has 11 nitrogen and oxygen atoms in total. The second kappa shape index (κ2) is 14.2. The van der Waals surface area contributed by atoms with Gasteiger partial charge in [0, 0.05) is 67.6 Å². The SMILES string of the molecule is C=C(C)C(=O)Nc1cc(-c2ncc3cc(-c4c(Cl)c(OC)cc(OC)c4Cl)c(=O)n(CC)c3n2)c(OC)cc1N1CCN(CC)CC1. The molecule has 0 saturated carbocycles. The summed E-state index contributed by atoms with van der Waals surface area (Å²) in [6.45, 7) is 14.1. The smallest absolute Gasteiger partial charge is 0.260 e. The van der Waals surface area contributed by atoms with Crippen molar-refractivity contribution in [1.82, 2.24) is 19.4 Å². The number of nitrogens with zero attached hydrogens (tertiary/aromatic N) is 5. The highest BCUT2D eigenvalue weighted by atomic mass is 35.5. The number of fused-ring (bicyclic) bond motifs is 1. The van der Waals surface area contributed by atoms with Crippen molar-refractivity contribution in [3.05, 3.63) is 63.0 Å². The van der Waals surface area contributed by atoms with Crippen LogP contribution in [0.5, 0.6) is 17.2 Å².